The van der Waals surface area contributed by atoms with Gasteiger partial charge in [0.05, 0.1) is 16.4 Å². The van der Waals surface area contributed by atoms with E-state index in [0.717, 1.165) is 17.3 Å². The molecule has 34 heavy (non-hydrogen) atoms. The minimum atomic E-state index is -0.584. The van der Waals surface area contributed by atoms with Crippen molar-refractivity contribution in [3.8, 4) is 0 Å². The molecule has 3 aromatic rings. The van der Waals surface area contributed by atoms with Crippen LogP contribution in [0.2, 0.25) is 0 Å². The first-order valence-corrected chi connectivity index (χ1v) is 11.0. The van der Waals surface area contributed by atoms with Crippen LogP contribution in [0.4, 0.5) is 21.5 Å². The summed E-state index contributed by atoms with van der Waals surface area (Å²) in [7, 11) is 0. The molecule has 2 amide bonds. The number of carbonyl (C=O) groups excluding carboxylic acids is 2. The van der Waals surface area contributed by atoms with Gasteiger partial charge in [0.15, 0.2) is 5.17 Å². The number of amides is 2. The van der Waals surface area contributed by atoms with E-state index in [4.69, 9.17) is 0 Å². The number of halogens is 1. The number of amidine groups is 1. The molecule has 1 N–H and O–H groups in total. The lowest BCUT2D eigenvalue weighted by Crippen LogP contribution is -2.31. The van der Waals surface area contributed by atoms with Crippen molar-refractivity contribution in [2.75, 3.05) is 16.0 Å². The Hall–Kier alpha value is -4.31. The Bertz CT molecular complexity index is 1310. The van der Waals surface area contributed by atoms with Gasteiger partial charge in [0.2, 0.25) is 5.91 Å². The molecule has 0 unspecified atom stereocenters. The van der Waals surface area contributed by atoms with Crippen LogP contribution in [0.1, 0.15) is 5.56 Å². The van der Waals surface area contributed by atoms with Gasteiger partial charge in [-0.25, -0.2) is 9.38 Å². The Morgan fingerprint density at radius 3 is 2.44 bits per heavy atom. The summed E-state index contributed by atoms with van der Waals surface area (Å²) in [6.45, 7) is 0. The molecule has 1 aliphatic heterocycles. The third-order valence-corrected chi connectivity index (χ3v) is 5.66. The molecular formula is C24H17FN4O4S. The van der Waals surface area contributed by atoms with Crippen LogP contribution in [0.3, 0.4) is 0 Å². The summed E-state index contributed by atoms with van der Waals surface area (Å²) < 4.78 is 13.4. The average Bonchev–Trinajstić information content (AvgIpc) is 3.14. The quantitative estimate of drug-likeness (QED) is 0.311. The molecule has 0 fully saturated rings. The van der Waals surface area contributed by atoms with Crippen LogP contribution in [0.15, 0.2) is 89.6 Å². The van der Waals surface area contributed by atoms with Crippen molar-refractivity contribution in [3.05, 3.63) is 106 Å². The number of carbonyl (C=O) groups is 2. The summed E-state index contributed by atoms with van der Waals surface area (Å²) in [5.74, 6) is -1.54. The van der Waals surface area contributed by atoms with Gasteiger partial charge < -0.3 is 5.32 Å². The van der Waals surface area contributed by atoms with E-state index in [0.29, 0.717) is 5.69 Å². The van der Waals surface area contributed by atoms with Gasteiger partial charge in [-0.1, -0.05) is 54.2 Å². The fourth-order valence-corrected chi connectivity index (χ4v) is 3.99. The SMILES string of the molecule is O=C(CSC1=N/C(=C\c2ccccc2)C(=O)N1c1ccc(F)cc1)Nc1ccccc1[N+](=O)[O-]. The summed E-state index contributed by atoms with van der Waals surface area (Å²) in [6, 6.07) is 20.3. The molecule has 4 rings (SSSR count). The second kappa shape index (κ2) is 10.1. The highest BCUT2D eigenvalue weighted by molar-refractivity contribution is 8.14. The predicted octanol–water partition coefficient (Wildman–Crippen LogP) is 4.85. The molecule has 0 radical (unpaired) electrons. The molecule has 0 saturated carbocycles. The van der Waals surface area contributed by atoms with Gasteiger partial charge >= 0.3 is 0 Å². The molecule has 1 aliphatic rings. The highest BCUT2D eigenvalue weighted by Gasteiger charge is 2.32. The first kappa shape index (κ1) is 22.9. The molecule has 0 aliphatic carbocycles. The molecule has 3 aromatic carbocycles. The van der Waals surface area contributed by atoms with Crippen molar-refractivity contribution in [3.63, 3.8) is 0 Å². The standard InChI is InChI=1S/C24H17FN4O4S/c25-17-10-12-18(13-11-17)28-23(31)20(14-16-6-2-1-3-7-16)27-24(28)34-15-22(30)26-19-8-4-5-9-21(19)29(32)33/h1-14H,15H2,(H,26,30)/b20-14-. The number of hydrogen-bond donors (Lipinski definition) is 1. The van der Waals surface area contributed by atoms with Gasteiger partial charge in [-0.15, -0.1) is 0 Å². The first-order chi connectivity index (χ1) is 16.4. The second-order valence-corrected chi connectivity index (χ2v) is 8.01. The zero-order chi connectivity index (χ0) is 24.1. The Morgan fingerprint density at radius 1 is 1.06 bits per heavy atom. The van der Waals surface area contributed by atoms with Crippen LogP contribution in [-0.4, -0.2) is 27.7 Å². The van der Waals surface area contributed by atoms with E-state index in [9.17, 15) is 24.1 Å². The summed E-state index contributed by atoms with van der Waals surface area (Å²) in [5, 5.41) is 13.9. The minimum absolute atomic E-state index is 0.0718. The number of thioether (sulfide) groups is 1. The smallest absolute Gasteiger partial charge is 0.292 e. The Morgan fingerprint density at radius 2 is 1.74 bits per heavy atom. The van der Waals surface area contributed by atoms with Crippen molar-refractivity contribution >= 4 is 51.9 Å². The lowest BCUT2D eigenvalue weighted by Gasteiger charge is -2.17. The average molecular weight is 476 g/mol. The Labute approximate surface area is 198 Å². The van der Waals surface area contributed by atoms with E-state index in [-0.39, 0.29) is 28.0 Å². The zero-order valence-corrected chi connectivity index (χ0v) is 18.4. The number of nitrogens with zero attached hydrogens (tertiary/aromatic N) is 3. The maximum atomic E-state index is 13.4. The fourth-order valence-electron chi connectivity index (χ4n) is 3.17. The van der Waals surface area contributed by atoms with Crippen molar-refractivity contribution < 1.29 is 18.9 Å². The lowest BCUT2D eigenvalue weighted by molar-refractivity contribution is -0.383. The van der Waals surface area contributed by atoms with E-state index >= 15 is 0 Å². The van der Waals surface area contributed by atoms with Crippen molar-refractivity contribution in [1.82, 2.24) is 0 Å². The molecule has 0 spiro atoms. The first-order valence-electron chi connectivity index (χ1n) is 10.0. The van der Waals surface area contributed by atoms with Crippen LogP contribution in [0, 0.1) is 15.9 Å². The summed E-state index contributed by atoms with van der Waals surface area (Å²) in [5.41, 5.74) is 1.18. The number of rotatable bonds is 6. The number of hydrogen-bond acceptors (Lipinski definition) is 6. The van der Waals surface area contributed by atoms with Gasteiger partial charge in [-0.2, -0.15) is 0 Å². The number of aliphatic imine (C=N–C) groups is 1. The van der Waals surface area contributed by atoms with E-state index in [1.165, 1.54) is 47.4 Å². The molecule has 0 atom stereocenters. The summed E-state index contributed by atoms with van der Waals surface area (Å²) in [6.07, 6.45) is 1.62. The summed E-state index contributed by atoms with van der Waals surface area (Å²) in [4.78, 5) is 41.9. The lowest BCUT2D eigenvalue weighted by atomic mass is 10.2. The molecule has 0 saturated heterocycles. The van der Waals surface area contributed by atoms with Crippen LogP contribution < -0.4 is 10.2 Å². The van der Waals surface area contributed by atoms with Gasteiger partial charge in [-0.3, -0.25) is 24.6 Å². The molecule has 0 bridgehead atoms. The second-order valence-electron chi connectivity index (χ2n) is 7.06. The van der Waals surface area contributed by atoms with Crippen molar-refractivity contribution in [2.45, 2.75) is 0 Å². The van der Waals surface area contributed by atoms with Crippen LogP contribution in [0.25, 0.3) is 6.08 Å². The third kappa shape index (κ3) is 5.18. The van der Waals surface area contributed by atoms with Gasteiger partial charge in [0, 0.05) is 6.07 Å². The van der Waals surface area contributed by atoms with Crippen LogP contribution in [-0.2, 0) is 9.59 Å². The highest BCUT2D eigenvalue weighted by atomic mass is 32.2. The number of para-hydroxylation sites is 2. The molecule has 10 heteroatoms. The number of nitrogens with one attached hydrogen (secondary N) is 1. The molecule has 1 heterocycles. The molecule has 8 nitrogen and oxygen atoms in total. The Kier molecular flexibility index (Phi) is 6.79. The maximum Gasteiger partial charge on any atom is 0.292 e. The number of anilines is 2. The van der Waals surface area contributed by atoms with E-state index < -0.39 is 22.6 Å². The summed E-state index contributed by atoms with van der Waals surface area (Å²) >= 11 is 0.989. The predicted molar refractivity (Wildman–Crippen MR) is 130 cm³/mol. The number of benzene rings is 3. The Balaban J connectivity index is 1.56. The van der Waals surface area contributed by atoms with Gasteiger partial charge in [0.1, 0.15) is 17.2 Å². The monoisotopic (exact) mass is 476 g/mol. The topological polar surface area (TPSA) is 105 Å². The zero-order valence-electron chi connectivity index (χ0n) is 17.6. The minimum Gasteiger partial charge on any atom is -0.320 e. The van der Waals surface area contributed by atoms with Crippen molar-refractivity contribution in [2.24, 2.45) is 4.99 Å². The fraction of sp³-hybridized carbons (Fsp3) is 0.0417. The molecule has 0 aromatic heterocycles. The van der Waals surface area contributed by atoms with Crippen molar-refractivity contribution in [1.29, 1.82) is 0 Å². The number of nitro benzene ring substituents is 1. The highest BCUT2D eigenvalue weighted by Crippen LogP contribution is 2.30. The van der Waals surface area contributed by atoms with E-state index in [1.54, 1.807) is 12.1 Å². The molecular weight excluding hydrogens is 459 g/mol. The normalized spacial score (nSPS) is 14.3. The van der Waals surface area contributed by atoms with E-state index in [2.05, 4.69) is 10.3 Å². The number of nitro groups is 1. The van der Waals surface area contributed by atoms with Crippen LogP contribution >= 0.6 is 11.8 Å². The maximum absolute atomic E-state index is 13.4. The van der Waals surface area contributed by atoms with Crippen LogP contribution in [0.5, 0.6) is 0 Å². The van der Waals surface area contributed by atoms with Gasteiger partial charge in [0.25, 0.3) is 11.6 Å². The van der Waals surface area contributed by atoms with E-state index in [1.807, 2.05) is 30.3 Å². The third-order valence-electron chi connectivity index (χ3n) is 4.72. The molecule has 170 valence electrons. The van der Waals surface area contributed by atoms with Gasteiger partial charge in [-0.05, 0) is 42.0 Å². The largest absolute Gasteiger partial charge is 0.320 e.